The number of carbonyl (C=O) groups excluding carboxylic acids is 2. The van der Waals surface area contributed by atoms with Gasteiger partial charge in [-0.2, -0.15) is 0 Å². The number of ether oxygens (including phenoxy) is 2. The molecule has 40 heavy (non-hydrogen) atoms. The van der Waals surface area contributed by atoms with Gasteiger partial charge in [-0.1, -0.05) is 49.9 Å². The summed E-state index contributed by atoms with van der Waals surface area (Å²) >= 11 is 0. The first-order chi connectivity index (χ1) is 19.4. The number of benzene rings is 3. The van der Waals surface area contributed by atoms with Crippen LogP contribution in [0.1, 0.15) is 83.2 Å². The molecule has 1 aliphatic rings. The van der Waals surface area contributed by atoms with Gasteiger partial charge in [-0.15, -0.1) is 0 Å². The second-order valence-electron chi connectivity index (χ2n) is 10.00. The van der Waals surface area contributed by atoms with Crippen LogP contribution in [0.2, 0.25) is 0 Å². The second kappa shape index (κ2) is 11.8. The van der Waals surface area contributed by atoms with Gasteiger partial charge in [-0.25, -0.2) is 4.79 Å². The zero-order valence-corrected chi connectivity index (χ0v) is 23.1. The van der Waals surface area contributed by atoms with Gasteiger partial charge in [0.25, 0.3) is 5.91 Å². The van der Waals surface area contributed by atoms with Gasteiger partial charge in [0, 0.05) is 5.69 Å². The topological polar surface area (TPSA) is 86.0 Å². The third-order valence-corrected chi connectivity index (χ3v) is 7.14. The first-order valence-corrected chi connectivity index (χ1v) is 13.8. The highest BCUT2D eigenvalue weighted by Crippen LogP contribution is 2.41. The van der Waals surface area contributed by atoms with E-state index in [9.17, 15) is 14.4 Å². The molecule has 0 N–H and O–H groups in total. The van der Waals surface area contributed by atoms with Crippen molar-refractivity contribution in [2.24, 2.45) is 0 Å². The molecule has 5 rings (SSSR count). The van der Waals surface area contributed by atoms with E-state index in [2.05, 4.69) is 6.92 Å². The maximum Gasteiger partial charge on any atom is 0.338 e. The van der Waals surface area contributed by atoms with E-state index in [1.807, 2.05) is 37.3 Å². The fourth-order valence-corrected chi connectivity index (χ4v) is 5.11. The molecule has 1 aliphatic heterocycles. The normalized spacial score (nSPS) is 14.4. The molecule has 7 nitrogen and oxygen atoms in total. The first kappa shape index (κ1) is 27.2. The minimum absolute atomic E-state index is 0.0251. The fraction of sp³-hybridized carbons (Fsp3) is 0.303. The van der Waals surface area contributed by atoms with Gasteiger partial charge >= 0.3 is 5.97 Å². The Morgan fingerprint density at radius 3 is 2.38 bits per heavy atom. The molecule has 3 aromatic carbocycles. The van der Waals surface area contributed by atoms with Crippen molar-refractivity contribution >= 4 is 28.5 Å². The highest BCUT2D eigenvalue weighted by atomic mass is 16.5. The number of amides is 1. The van der Waals surface area contributed by atoms with Gasteiger partial charge in [0.05, 0.1) is 35.8 Å². The predicted molar refractivity (Wildman–Crippen MR) is 154 cm³/mol. The molecule has 0 spiro atoms. The number of unbranched alkanes of at least 4 members (excludes halogenated alkanes) is 3. The van der Waals surface area contributed by atoms with Crippen molar-refractivity contribution in [1.29, 1.82) is 0 Å². The summed E-state index contributed by atoms with van der Waals surface area (Å²) in [6, 6.07) is 18.7. The minimum atomic E-state index is -0.712. The summed E-state index contributed by atoms with van der Waals surface area (Å²) in [5, 5.41) is 0.433. The highest BCUT2D eigenvalue weighted by Gasteiger charge is 2.43. The Hall–Kier alpha value is -4.39. The largest absolute Gasteiger partial charge is 0.494 e. The molecule has 7 heteroatoms. The summed E-state index contributed by atoms with van der Waals surface area (Å²) < 4.78 is 17.1. The number of esters is 1. The lowest BCUT2D eigenvalue weighted by atomic mass is 9.97. The maximum atomic E-state index is 13.9. The third kappa shape index (κ3) is 5.24. The predicted octanol–water partition coefficient (Wildman–Crippen LogP) is 6.99. The standard InChI is InChI=1S/C33H33NO6/c1-4-6-7-8-19-39-25-16-12-22(13-17-25)29-28-30(35)26-20-21(3)9-18-27(26)40-31(28)32(36)34(29)24-14-10-23(11-15-24)33(37)38-5-2/h9-18,20,29H,4-8,19H2,1-3H3. The van der Waals surface area contributed by atoms with E-state index >= 15 is 0 Å². The molecule has 206 valence electrons. The molecular formula is C33H33NO6. The average molecular weight is 540 g/mol. The summed E-state index contributed by atoms with van der Waals surface area (Å²) in [7, 11) is 0. The van der Waals surface area contributed by atoms with Crippen molar-refractivity contribution in [3.05, 3.63) is 105 Å². The molecule has 1 amide bonds. The number of anilines is 1. The molecule has 1 aromatic heterocycles. The van der Waals surface area contributed by atoms with Crippen LogP contribution in [0.25, 0.3) is 11.0 Å². The number of aryl methyl sites for hydroxylation is 1. The molecule has 0 bridgehead atoms. The Bertz CT molecular complexity index is 1590. The third-order valence-electron chi connectivity index (χ3n) is 7.14. The van der Waals surface area contributed by atoms with Gasteiger partial charge in [0.1, 0.15) is 11.3 Å². The molecule has 4 aromatic rings. The maximum absolute atomic E-state index is 13.9. The van der Waals surface area contributed by atoms with Crippen LogP contribution in [0, 0.1) is 6.92 Å². The number of carbonyl (C=O) groups is 2. The number of hydrogen-bond acceptors (Lipinski definition) is 6. The summed E-state index contributed by atoms with van der Waals surface area (Å²) in [5.41, 5.74) is 3.01. The molecule has 0 saturated heterocycles. The lowest BCUT2D eigenvalue weighted by molar-refractivity contribution is 0.0526. The SMILES string of the molecule is CCCCCCOc1ccc(C2c3c(oc4ccc(C)cc4c3=O)C(=O)N2c2ccc(C(=O)OCC)cc2)cc1. The Labute approximate surface area is 233 Å². The highest BCUT2D eigenvalue weighted by molar-refractivity contribution is 6.10. The Kier molecular flexibility index (Phi) is 8.01. The van der Waals surface area contributed by atoms with Gasteiger partial charge in [0.15, 0.2) is 5.43 Å². The van der Waals surface area contributed by atoms with E-state index in [-0.39, 0.29) is 17.8 Å². The molecule has 1 atom stereocenters. The van der Waals surface area contributed by atoms with Crippen LogP contribution in [-0.2, 0) is 4.74 Å². The van der Waals surface area contributed by atoms with Crippen molar-refractivity contribution in [3.8, 4) is 5.75 Å². The Morgan fingerprint density at radius 1 is 0.925 bits per heavy atom. The molecule has 1 unspecified atom stereocenters. The van der Waals surface area contributed by atoms with E-state index in [1.54, 1.807) is 48.2 Å². The second-order valence-corrected chi connectivity index (χ2v) is 10.00. The van der Waals surface area contributed by atoms with Gasteiger partial charge in [-0.3, -0.25) is 14.5 Å². The lowest BCUT2D eigenvalue weighted by Crippen LogP contribution is -2.29. The first-order valence-electron chi connectivity index (χ1n) is 13.8. The Morgan fingerprint density at radius 2 is 1.68 bits per heavy atom. The summed E-state index contributed by atoms with van der Waals surface area (Å²) in [6.07, 6.45) is 4.47. The minimum Gasteiger partial charge on any atom is -0.494 e. The lowest BCUT2D eigenvalue weighted by Gasteiger charge is -2.25. The molecular weight excluding hydrogens is 506 g/mol. The number of nitrogens with zero attached hydrogens (tertiary/aromatic N) is 1. The van der Waals surface area contributed by atoms with Gasteiger partial charge in [-0.05, 0) is 74.4 Å². The molecule has 0 aliphatic carbocycles. The van der Waals surface area contributed by atoms with Crippen LogP contribution in [-0.4, -0.2) is 25.1 Å². The van der Waals surface area contributed by atoms with Crippen LogP contribution < -0.4 is 15.1 Å². The van der Waals surface area contributed by atoms with Crippen LogP contribution in [0.15, 0.2) is 75.9 Å². The number of rotatable bonds is 10. The zero-order chi connectivity index (χ0) is 28.2. The number of fused-ring (bicyclic) bond motifs is 2. The van der Waals surface area contributed by atoms with E-state index in [4.69, 9.17) is 13.9 Å². The van der Waals surface area contributed by atoms with E-state index in [1.165, 1.54) is 12.8 Å². The van der Waals surface area contributed by atoms with Crippen LogP contribution in [0.5, 0.6) is 5.75 Å². The van der Waals surface area contributed by atoms with Crippen molar-refractivity contribution < 1.29 is 23.5 Å². The molecule has 0 fully saturated rings. The fourth-order valence-electron chi connectivity index (χ4n) is 5.11. The van der Waals surface area contributed by atoms with Gasteiger partial charge < -0.3 is 13.9 Å². The summed E-state index contributed by atoms with van der Waals surface area (Å²) in [6.45, 7) is 6.73. The van der Waals surface area contributed by atoms with Crippen molar-refractivity contribution in [2.45, 2.75) is 52.5 Å². The van der Waals surface area contributed by atoms with E-state index in [0.717, 1.165) is 29.7 Å². The van der Waals surface area contributed by atoms with Crippen LogP contribution in [0.3, 0.4) is 0 Å². The van der Waals surface area contributed by atoms with E-state index in [0.29, 0.717) is 34.4 Å². The summed E-state index contributed by atoms with van der Waals surface area (Å²) in [4.78, 5) is 41.5. The van der Waals surface area contributed by atoms with Crippen LogP contribution >= 0.6 is 0 Å². The van der Waals surface area contributed by atoms with Gasteiger partial charge in [0.2, 0.25) is 5.76 Å². The monoisotopic (exact) mass is 539 g/mol. The molecule has 0 radical (unpaired) electrons. The van der Waals surface area contributed by atoms with Crippen molar-refractivity contribution in [2.75, 3.05) is 18.1 Å². The van der Waals surface area contributed by atoms with Crippen molar-refractivity contribution in [1.82, 2.24) is 0 Å². The van der Waals surface area contributed by atoms with Crippen LogP contribution in [0.4, 0.5) is 5.69 Å². The van der Waals surface area contributed by atoms with Crippen molar-refractivity contribution in [3.63, 3.8) is 0 Å². The average Bonchev–Trinajstić information content (AvgIpc) is 3.26. The number of hydrogen-bond donors (Lipinski definition) is 0. The van der Waals surface area contributed by atoms with E-state index < -0.39 is 17.9 Å². The zero-order valence-electron chi connectivity index (χ0n) is 23.1. The summed E-state index contributed by atoms with van der Waals surface area (Å²) in [5.74, 6) is -0.0986. The quantitative estimate of drug-likeness (QED) is 0.160. The molecule has 2 heterocycles. The smallest absolute Gasteiger partial charge is 0.338 e. The Balaban J connectivity index is 1.55. The molecule has 0 saturated carbocycles.